The number of hydrogen-bond donors (Lipinski definition) is 1. The minimum absolute atomic E-state index is 0.179. The molecule has 0 radical (unpaired) electrons. The second-order valence-corrected chi connectivity index (χ2v) is 8.42. The zero-order valence-corrected chi connectivity index (χ0v) is 16.8. The molecule has 7 heteroatoms. The molecule has 1 amide bonds. The van der Waals surface area contributed by atoms with Crippen LogP contribution in [0.25, 0.3) is 0 Å². The molecule has 0 heterocycles. The quantitative estimate of drug-likeness (QED) is 0.617. The summed E-state index contributed by atoms with van der Waals surface area (Å²) in [6.07, 6.45) is 0. The minimum Gasteiger partial charge on any atom is -0.484 e. The third-order valence-corrected chi connectivity index (χ3v) is 6.07. The molecular weight excluding hydrogens is 388 g/mol. The molecule has 0 aromatic heterocycles. The van der Waals surface area contributed by atoms with E-state index in [2.05, 4.69) is 0 Å². The number of benzene rings is 3. The number of aryl methyl sites for hydroxylation is 1. The van der Waals surface area contributed by atoms with Gasteiger partial charge in [0, 0.05) is 0 Å². The average Bonchev–Trinajstić information content (AvgIpc) is 2.72. The Balaban J connectivity index is 1.96. The summed E-state index contributed by atoms with van der Waals surface area (Å²) in [6.45, 7) is 1.84. The van der Waals surface area contributed by atoms with Gasteiger partial charge in [-0.25, -0.2) is 8.42 Å². The SMILES string of the molecule is Cc1ccc(S(=O)(=O)N(Cc2ccccc2)c2ccc(OCC(N)=O)cc2)cc1. The largest absolute Gasteiger partial charge is 0.484 e. The van der Waals surface area contributed by atoms with Crippen molar-refractivity contribution < 1.29 is 17.9 Å². The number of nitrogens with zero attached hydrogens (tertiary/aromatic N) is 1. The van der Waals surface area contributed by atoms with E-state index in [-0.39, 0.29) is 18.0 Å². The predicted octanol–water partition coefficient (Wildman–Crippen LogP) is 3.25. The van der Waals surface area contributed by atoms with Crippen molar-refractivity contribution in [3.8, 4) is 5.75 Å². The Morgan fingerprint density at radius 3 is 2.14 bits per heavy atom. The van der Waals surface area contributed by atoms with Crippen LogP contribution in [0.4, 0.5) is 5.69 Å². The van der Waals surface area contributed by atoms with Gasteiger partial charge in [0.2, 0.25) is 0 Å². The summed E-state index contributed by atoms with van der Waals surface area (Å²) < 4.78 is 33.4. The number of sulfonamides is 1. The number of amides is 1. The van der Waals surface area contributed by atoms with Crippen LogP contribution in [0.3, 0.4) is 0 Å². The highest BCUT2D eigenvalue weighted by atomic mass is 32.2. The molecule has 2 N–H and O–H groups in total. The molecule has 0 bridgehead atoms. The molecule has 29 heavy (non-hydrogen) atoms. The summed E-state index contributed by atoms with van der Waals surface area (Å²) in [6, 6.07) is 22.6. The molecule has 0 spiro atoms. The van der Waals surface area contributed by atoms with E-state index in [0.717, 1.165) is 11.1 Å². The van der Waals surface area contributed by atoms with Gasteiger partial charge in [-0.05, 0) is 48.9 Å². The fourth-order valence-corrected chi connectivity index (χ4v) is 4.22. The van der Waals surface area contributed by atoms with Gasteiger partial charge in [0.05, 0.1) is 17.1 Å². The van der Waals surface area contributed by atoms with Gasteiger partial charge in [-0.1, -0.05) is 48.0 Å². The van der Waals surface area contributed by atoms with Crippen LogP contribution in [0.2, 0.25) is 0 Å². The third kappa shape index (κ3) is 5.14. The third-order valence-electron chi connectivity index (χ3n) is 4.28. The molecule has 0 atom stereocenters. The molecule has 3 rings (SSSR count). The number of anilines is 1. The molecule has 150 valence electrons. The summed E-state index contributed by atoms with van der Waals surface area (Å²) in [7, 11) is -3.79. The van der Waals surface area contributed by atoms with Crippen LogP contribution < -0.4 is 14.8 Å². The van der Waals surface area contributed by atoms with E-state index in [9.17, 15) is 13.2 Å². The highest BCUT2D eigenvalue weighted by Gasteiger charge is 2.25. The van der Waals surface area contributed by atoms with Gasteiger partial charge in [-0.3, -0.25) is 9.10 Å². The number of hydrogen-bond acceptors (Lipinski definition) is 4. The summed E-state index contributed by atoms with van der Waals surface area (Å²) in [5.41, 5.74) is 7.41. The Labute approximate surface area is 170 Å². The van der Waals surface area contributed by atoms with Crippen LogP contribution in [-0.2, 0) is 21.4 Å². The Bertz CT molecular complexity index is 1060. The maximum Gasteiger partial charge on any atom is 0.264 e. The highest BCUT2D eigenvalue weighted by molar-refractivity contribution is 7.92. The Morgan fingerprint density at radius 2 is 1.55 bits per heavy atom. The van der Waals surface area contributed by atoms with Crippen molar-refractivity contribution in [2.45, 2.75) is 18.4 Å². The van der Waals surface area contributed by atoms with Crippen molar-refractivity contribution >= 4 is 21.6 Å². The summed E-state index contributed by atoms with van der Waals surface area (Å²) in [5, 5.41) is 0. The number of ether oxygens (including phenoxy) is 1. The van der Waals surface area contributed by atoms with Gasteiger partial charge in [-0.15, -0.1) is 0 Å². The molecule has 0 aliphatic heterocycles. The number of primary amides is 1. The highest BCUT2D eigenvalue weighted by Crippen LogP contribution is 2.28. The molecule has 0 unspecified atom stereocenters. The van der Waals surface area contributed by atoms with Gasteiger partial charge in [0.1, 0.15) is 5.75 Å². The van der Waals surface area contributed by atoms with Gasteiger partial charge in [-0.2, -0.15) is 0 Å². The van der Waals surface area contributed by atoms with Crippen molar-refractivity contribution in [1.29, 1.82) is 0 Å². The number of nitrogens with two attached hydrogens (primary N) is 1. The van der Waals surface area contributed by atoms with Crippen LogP contribution in [0.5, 0.6) is 5.75 Å². The fraction of sp³-hybridized carbons (Fsp3) is 0.136. The first kappa shape index (κ1) is 20.4. The summed E-state index contributed by atoms with van der Waals surface area (Å²) >= 11 is 0. The average molecular weight is 410 g/mol. The molecule has 0 saturated carbocycles. The minimum atomic E-state index is -3.79. The van der Waals surface area contributed by atoms with E-state index in [1.807, 2.05) is 37.3 Å². The predicted molar refractivity (Wildman–Crippen MR) is 112 cm³/mol. The van der Waals surface area contributed by atoms with E-state index in [1.165, 1.54) is 4.31 Å². The van der Waals surface area contributed by atoms with Crippen LogP contribution >= 0.6 is 0 Å². The molecule has 3 aromatic rings. The van der Waals surface area contributed by atoms with Crippen molar-refractivity contribution in [2.24, 2.45) is 5.73 Å². The van der Waals surface area contributed by atoms with Crippen molar-refractivity contribution in [3.05, 3.63) is 90.0 Å². The number of rotatable bonds is 8. The van der Waals surface area contributed by atoms with Gasteiger partial charge < -0.3 is 10.5 Å². The molecule has 6 nitrogen and oxygen atoms in total. The van der Waals surface area contributed by atoms with E-state index in [1.54, 1.807) is 48.5 Å². The molecular formula is C22H22N2O4S. The van der Waals surface area contributed by atoms with Crippen LogP contribution in [0.15, 0.2) is 83.8 Å². The first-order valence-corrected chi connectivity index (χ1v) is 10.4. The van der Waals surface area contributed by atoms with Crippen LogP contribution in [0.1, 0.15) is 11.1 Å². The lowest BCUT2D eigenvalue weighted by molar-refractivity contribution is -0.119. The van der Waals surface area contributed by atoms with Gasteiger partial charge >= 0.3 is 0 Å². The number of carbonyl (C=O) groups excluding carboxylic acids is 1. The summed E-state index contributed by atoms with van der Waals surface area (Å²) in [5.74, 6) is -0.151. The zero-order valence-electron chi connectivity index (χ0n) is 16.0. The normalized spacial score (nSPS) is 11.1. The monoisotopic (exact) mass is 410 g/mol. The van der Waals surface area contributed by atoms with E-state index < -0.39 is 15.9 Å². The summed E-state index contributed by atoms with van der Waals surface area (Å²) in [4.78, 5) is 11.1. The Kier molecular flexibility index (Phi) is 6.19. The molecule has 3 aromatic carbocycles. The maximum atomic E-state index is 13.4. The van der Waals surface area contributed by atoms with Crippen molar-refractivity contribution in [3.63, 3.8) is 0 Å². The molecule has 0 fully saturated rings. The molecule has 0 aliphatic carbocycles. The van der Waals surface area contributed by atoms with E-state index >= 15 is 0 Å². The zero-order chi connectivity index (χ0) is 20.9. The lowest BCUT2D eigenvalue weighted by Gasteiger charge is -2.25. The molecule has 0 saturated heterocycles. The van der Waals surface area contributed by atoms with Crippen LogP contribution in [-0.4, -0.2) is 20.9 Å². The smallest absolute Gasteiger partial charge is 0.264 e. The van der Waals surface area contributed by atoms with E-state index in [0.29, 0.717) is 11.4 Å². The topological polar surface area (TPSA) is 89.7 Å². The first-order chi connectivity index (χ1) is 13.9. The lowest BCUT2D eigenvalue weighted by atomic mass is 10.2. The second-order valence-electron chi connectivity index (χ2n) is 6.56. The first-order valence-electron chi connectivity index (χ1n) is 9.01. The van der Waals surface area contributed by atoms with E-state index in [4.69, 9.17) is 10.5 Å². The standard InChI is InChI=1S/C22H22N2O4S/c1-17-7-13-21(14-8-17)29(26,27)24(15-18-5-3-2-4-6-18)19-9-11-20(12-10-19)28-16-22(23)25/h2-14H,15-16H2,1H3,(H2,23,25). The maximum absolute atomic E-state index is 13.4. The second kappa shape index (κ2) is 8.79. The molecule has 0 aliphatic rings. The van der Waals surface area contributed by atoms with Gasteiger partial charge in [0.15, 0.2) is 6.61 Å². The van der Waals surface area contributed by atoms with Gasteiger partial charge in [0.25, 0.3) is 15.9 Å². The Morgan fingerprint density at radius 1 is 0.931 bits per heavy atom. The Hall–Kier alpha value is -3.32. The number of carbonyl (C=O) groups is 1. The van der Waals surface area contributed by atoms with Crippen molar-refractivity contribution in [2.75, 3.05) is 10.9 Å². The fourth-order valence-electron chi connectivity index (χ4n) is 2.76. The van der Waals surface area contributed by atoms with Crippen LogP contribution in [0, 0.1) is 6.92 Å². The lowest BCUT2D eigenvalue weighted by Crippen LogP contribution is -2.30. The van der Waals surface area contributed by atoms with Crippen molar-refractivity contribution in [1.82, 2.24) is 0 Å².